The second-order valence-electron chi connectivity index (χ2n) is 7.81. The highest BCUT2D eigenvalue weighted by atomic mass is 16.5. The zero-order valence-corrected chi connectivity index (χ0v) is 17.8. The predicted molar refractivity (Wildman–Crippen MR) is 119 cm³/mol. The van der Waals surface area contributed by atoms with Crippen molar-refractivity contribution in [1.82, 2.24) is 9.88 Å². The van der Waals surface area contributed by atoms with Crippen molar-refractivity contribution in [2.24, 2.45) is 0 Å². The number of rotatable bonds is 4. The zero-order valence-electron chi connectivity index (χ0n) is 17.8. The molecule has 1 aromatic heterocycles. The average molecular weight is 402 g/mol. The van der Waals surface area contributed by atoms with Gasteiger partial charge in [0, 0.05) is 36.3 Å². The van der Waals surface area contributed by atoms with E-state index in [4.69, 9.17) is 4.74 Å². The highest BCUT2D eigenvalue weighted by Gasteiger charge is 2.26. The number of carbonyl (C=O) groups excluding carboxylic acids is 1. The van der Waals surface area contributed by atoms with Gasteiger partial charge in [-0.3, -0.25) is 4.90 Å². The maximum atomic E-state index is 12.5. The van der Waals surface area contributed by atoms with Crippen LogP contribution in [0.15, 0.2) is 36.4 Å². The first-order chi connectivity index (χ1) is 14.5. The number of nitrogens with zero attached hydrogens (tertiary/aromatic N) is 3. The van der Waals surface area contributed by atoms with E-state index < -0.39 is 0 Å². The molecule has 0 unspecified atom stereocenters. The number of carbonyl (C=O) groups is 1. The predicted octanol–water partition coefficient (Wildman–Crippen LogP) is 4.69. The Morgan fingerprint density at radius 2 is 2.07 bits per heavy atom. The standard InChI is InChI=1S/C24H26N4O2/c1-5-27-22-13-18(30-4)7-8-19(22)20(14-25)23(27)17-6-9-21-16(12-17)10-11-28(21)24(29)26-15(2)3/h6-9,12-13,15H,5,10-11H2,1-4H3,(H,26,29). The van der Waals surface area contributed by atoms with Crippen LogP contribution in [-0.4, -0.2) is 30.3 Å². The first kappa shape index (κ1) is 19.8. The maximum Gasteiger partial charge on any atom is 0.322 e. The Morgan fingerprint density at radius 3 is 2.73 bits per heavy atom. The molecule has 2 aromatic carbocycles. The number of nitrogens with one attached hydrogen (secondary N) is 1. The quantitative estimate of drug-likeness (QED) is 0.688. The Balaban J connectivity index is 1.82. The van der Waals surface area contributed by atoms with E-state index in [-0.39, 0.29) is 12.1 Å². The molecule has 0 saturated carbocycles. The molecule has 154 valence electrons. The van der Waals surface area contributed by atoms with E-state index in [2.05, 4.69) is 28.9 Å². The molecule has 1 N–H and O–H groups in total. The van der Waals surface area contributed by atoms with E-state index in [9.17, 15) is 10.1 Å². The Morgan fingerprint density at radius 1 is 1.27 bits per heavy atom. The van der Waals surface area contributed by atoms with Crippen LogP contribution >= 0.6 is 0 Å². The molecular formula is C24H26N4O2. The van der Waals surface area contributed by atoms with Crippen LogP contribution in [0.1, 0.15) is 31.9 Å². The Labute approximate surface area is 176 Å². The minimum absolute atomic E-state index is 0.0658. The normalized spacial score (nSPS) is 12.9. The molecule has 0 spiro atoms. The molecule has 0 saturated heterocycles. The number of hydrogen-bond donors (Lipinski definition) is 1. The summed E-state index contributed by atoms with van der Waals surface area (Å²) in [5.41, 5.74) is 5.63. The van der Waals surface area contributed by atoms with Crippen molar-refractivity contribution in [3.05, 3.63) is 47.5 Å². The largest absolute Gasteiger partial charge is 0.497 e. The molecule has 0 radical (unpaired) electrons. The second kappa shape index (κ2) is 7.75. The average Bonchev–Trinajstić information content (AvgIpc) is 3.30. The lowest BCUT2D eigenvalue weighted by Gasteiger charge is -2.20. The number of anilines is 1. The van der Waals surface area contributed by atoms with E-state index in [1.807, 2.05) is 44.2 Å². The van der Waals surface area contributed by atoms with Crippen molar-refractivity contribution >= 4 is 22.6 Å². The van der Waals surface area contributed by atoms with Crippen molar-refractivity contribution < 1.29 is 9.53 Å². The summed E-state index contributed by atoms with van der Waals surface area (Å²) in [6, 6.07) is 14.4. The minimum atomic E-state index is -0.0658. The summed E-state index contributed by atoms with van der Waals surface area (Å²) in [7, 11) is 1.65. The molecule has 0 fully saturated rings. The van der Waals surface area contributed by atoms with Gasteiger partial charge >= 0.3 is 6.03 Å². The maximum absolute atomic E-state index is 12.5. The monoisotopic (exact) mass is 402 g/mol. The molecule has 0 bridgehead atoms. The van der Waals surface area contributed by atoms with E-state index in [1.165, 1.54) is 0 Å². The van der Waals surface area contributed by atoms with Crippen LogP contribution in [0.5, 0.6) is 5.75 Å². The van der Waals surface area contributed by atoms with Gasteiger partial charge in [0.25, 0.3) is 0 Å². The summed E-state index contributed by atoms with van der Waals surface area (Å²) in [5.74, 6) is 0.770. The number of fused-ring (bicyclic) bond motifs is 2. The van der Waals surface area contributed by atoms with Crippen molar-refractivity contribution in [1.29, 1.82) is 5.26 Å². The lowest BCUT2D eigenvalue weighted by molar-refractivity contribution is 0.244. The van der Waals surface area contributed by atoms with Crippen LogP contribution in [0.25, 0.3) is 22.2 Å². The fraction of sp³-hybridized carbons (Fsp3) is 0.333. The number of ether oxygens (including phenoxy) is 1. The summed E-state index contributed by atoms with van der Waals surface area (Å²) in [5, 5.41) is 13.8. The number of urea groups is 1. The molecule has 2 amide bonds. The highest BCUT2D eigenvalue weighted by molar-refractivity contribution is 5.97. The fourth-order valence-electron chi connectivity index (χ4n) is 4.28. The third kappa shape index (κ3) is 3.17. The SMILES string of the molecule is CCn1c(-c2ccc3c(c2)CCN3C(=O)NC(C)C)c(C#N)c2ccc(OC)cc21. The zero-order chi connectivity index (χ0) is 21.4. The number of benzene rings is 2. The molecule has 2 heterocycles. The molecule has 1 aliphatic rings. The Bertz CT molecular complexity index is 1170. The summed E-state index contributed by atoms with van der Waals surface area (Å²) in [6.07, 6.45) is 0.802. The number of aryl methyl sites for hydroxylation is 1. The van der Waals surface area contributed by atoms with E-state index in [0.717, 1.165) is 52.1 Å². The summed E-state index contributed by atoms with van der Waals surface area (Å²) >= 11 is 0. The van der Waals surface area contributed by atoms with Gasteiger partial charge in [-0.15, -0.1) is 0 Å². The highest BCUT2D eigenvalue weighted by Crippen LogP contribution is 2.38. The van der Waals surface area contributed by atoms with Crippen molar-refractivity contribution in [3.63, 3.8) is 0 Å². The van der Waals surface area contributed by atoms with Crippen LogP contribution in [0.3, 0.4) is 0 Å². The second-order valence-corrected chi connectivity index (χ2v) is 7.81. The number of methoxy groups -OCH3 is 1. The van der Waals surface area contributed by atoms with Gasteiger partial charge in [-0.05, 0) is 62.6 Å². The molecule has 0 aliphatic carbocycles. The van der Waals surface area contributed by atoms with Crippen LogP contribution < -0.4 is 15.0 Å². The molecular weight excluding hydrogens is 376 g/mol. The lowest BCUT2D eigenvalue weighted by atomic mass is 10.0. The molecule has 3 aromatic rings. The van der Waals surface area contributed by atoms with Gasteiger partial charge in [-0.25, -0.2) is 4.79 Å². The Kier molecular flexibility index (Phi) is 5.13. The van der Waals surface area contributed by atoms with Gasteiger partial charge in [0.2, 0.25) is 0 Å². The molecule has 6 nitrogen and oxygen atoms in total. The van der Waals surface area contributed by atoms with E-state index in [0.29, 0.717) is 12.1 Å². The van der Waals surface area contributed by atoms with Crippen molar-refractivity contribution in [2.45, 2.75) is 39.8 Å². The number of nitriles is 1. The smallest absolute Gasteiger partial charge is 0.322 e. The van der Waals surface area contributed by atoms with E-state index >= 15 is 0 Å². The van der Waals surface area contributed by atoms with Crippen LogP contribution in [0, 0.1) is 11.3 Å². The molecule has 4 rings (SSSR count). The van der Waals surface area contributed by atoms with Crippen molar-refractivity contribution in [2.75, 3.05) is 18.6 Å². The molecule has 30 heavy (non-hydrogen) atoms. The number of hydrogen-bond acceptors (Lipinski definition) is 3. The molecule has 0 atom stereocenters. The first-order valence-corrected chi connectivity index (χ1v) is 10.3. The van der Waals surface area contributed by atoms with Crippen LogP contribution in [0.4, 0.5) is 10.5 Å². The third-order valence-corrected chi connectivity index (χ3v) is 5.61. The minimum Gasteiger partial charge on any atom is -0.497 e. The fourth-order valence-corrected chi connectivity index (χ4v) is 4.28. The van der Waals surface area contributed by atoms with Gasteiger partial charge in [-0.1, -0.05) is 6.07 Å². The Hall–Kier alpha value is -3.46. The van der Waals surface area contributed by atoms with Gasteiger partial charge in [0.15, 0.2) is 0 Å². The number of aromatic nitrogens is 1. The number of amides is 2. The summed E-state index contributed by atoms with van der Waals surface area (Å²) in [6.45, 7) is 7.39. The van der Waals surface area contributed by atoms with Gasteiger partial charge < -0.3 is 14.6 Å². The topological polar surface area (TPSA) is 70.3 Å². The molecule has 1 aliphatic heterocycles. The lowest BCUT2D eigenvalue weighted by Crippen LogP contribution is -2.42. The summed E-state index contributed by atoms with van der Waals surface area (Å²) in [4.78, 5) is 14.3. The van der Waals surface area contributed by atoms with Gasteiger partial charge in [0.1, 0.15) is 11.8 Å². The summed E-state index contributed by atoms with van der Waals surface area (Å²) < 4.78 is 7.56. The van der Waals surface area contributed by atoms with E-state index in [1.54, 1.807) is 12.0 Å². The van der Waals surface area contributed by atoms with Crippen LogP contribution in [0.2, 0.25) is 0 Å². The first-order valence-electron chi connectivity index (χ1n) is 10.3. The van der Waals surface area contributed by atoms with Crippen molar-refractivity contribution in [3.8, 4) is 23.1 Å². The third-order valence-electron chi connectivity index (χ3n) is 5.61. The van der Waals surface area contributed by atoms with Gasteiger partial charge in [0.05, 0.1) is 23.9 Å². The van der Waals surface area contributed by atoms with Crippen LogP contribution in [-0.2, 0) is 13.0 Å². The molecule has 6 heteroatoms. The van der Waals surface area contributed by atoms with Gasteiger partial charge in [-0.2, -0.15) is 5.26 Å².